The zero-order valence-corrected chi connectivity index (χ0v) is 35.7. The van der Waals surface area contributed by atoms with E-state index in [1.807, 2.05) is 42.5 Å². The predicted octanol–water partition coefficient (Wildman–Crippen LogP) is 16.7. The minimum absolute atomic E-state index is 0.602. The molecule has 12 aromatic rings. The van der Waals surface area contributed by atoms with E-state index in [4.69, 9.17) is 21.5 Å². The number of rotatable bonds is 7. The molecule has 12 rings (SSSR count). The summed E-state index contributed by atoms with van der Waals surface area (Å²) in [6.45, 7) is 8.35. The van der Waals surface area contributed by atoms with Crippen molar-refractivity contribution in [3.8, 4) is 78.7 Å². The third kappa shape index (κ3) is 6.84. The number of aromatic nitrogens is 3. The summed E-state index contributed by atoms with van der Waals surface area (Å²) in [5.41, 5.74) is 11.7. The number of hydrogen-bond donors (Lipinski definition) is 0. The van der Waals surface area contributed by atoms with Crippen molar-refractivity contribution in [1.82, 2.24) is 15.0 Å². The number of fused-ring (bicyclic) bond motifs is 6. The number of benzene rings is 11. The Labute approximate surface area is 382 Å². The second-order valence-electron chi connectivity index (χ2n) is 16.6. The van der Waals surface area contributed by atoms with Crippen molar-refractivity contribution < 1.29 is 0 Å². The third-order valence-electron chi connectivity index (χ3n) is 12.7. The lowest BCUT2D eigenvalue weighted by Gasteiger charge is -2.18. The minimum atomic E-state index is 0.602. The summed E-state index contributed by atoms with van der Waals surface area (Å²) in [4.78, 5) is 19.3. The van der Waals surface area contributed by atoms with Crippen LogP contribution in [0.1, 0.15) is 0 Å². The molecule has 11 aromatic carbocycles. The van der Waals surface area contributed by atoms with Gasteiger partial charge in [0.2, 0.25) is 0 Å². The molecule has 1 aromatic heterocycles. The average molecular weight is 839 g/mol. The van der Waals surface area contributed by atoms with Crippen molar-refractivity contribution in [3.05, 3.63) is 242 Å². The van der Waals surface area contributed by atoms with Crippen LogP contribution in [0, 0.1) is 6.57 Å². The fourth-order valence-corrected chi connectivity index (χ4v) is 9.56. The lowest BCUT2D eigenvalue weighted by atomic mass is 9.86. The summed E-state index contributed by atoms with van der Waals surface area (Å²) in [6.07, 6.45) is 0. The van der Waals surface area contributed by atoms with Crippen molar-refractivity contribution in [3.63, 3.8) is 0 Å². The van der Waals surface area contributed by atoms with Gasteiger partial charge in [0.25, 0.3) is 0 Å². The first-order chi connectivity index (χ1) is 32.7. The normalized spacial score (nSPS) is 11.3. The second-order valence-corrected chi connectivity index (χ2v) is 16.6. The molecule has 0 N–H and O–H groups in total. The lowest BCUT2D eigenvalue weighted by molar-refractivity contribution is 1.07. The van der Waals surface area contributed by atoms with Gasteiger partial charge in [-0.25, -0.2) is 19.8 Å². The summed E-state index contributed by atoms with van der Waals surface area (Å²) in [5.74, 6) is 1.84. The van der Waals surface area contributed by atoms with Crippen molar-refractivity contribution in [1.29, 1.82) is 0 Å². The Morgan fingerprint density at radius 2 is 0.758 bits per heavy atom. The maximum Gasteiger partial charge on any atom is 0.195 e. The van der Waals surface area contributed by atoms with Crippen LogP contribution >= 0.6 is 0 Å². The monoisotopic (exact) mass is 838 g/mol. The standard InChI is InChI=1S/C62H38N4/c1-63-57-27-13-26-55(53-24-10-9-23-52(53)54-25-12-18-44-34-32-42-15-6-8-22-51(42)58(44)54)59(57)48-20-11-19-47(38-48)40-28-35-46(36-29-40)61-64-60(45-16-3-2-4-17-45)65-62(66-61)49-37-33-43-31-30-41-14-5-7-21-50(41)56(43)39-49/h2-39H. The maximum atomic E-state index is 8.35. The highest BCUT2D eigenvalue weighted by Crippen LogP contribution is 2.46. The fraction of sp³-hybridized carbons (Fsp3) is 0. The Bertz CT molecular complexity index is 3890. The van der Waals surface area contributed by atoms with Gasteiger partial charge in [0.15, 0.2) is 23.2 Å². The topological polar surface area (TPSA) is 43.0 Å². The first kappa shape index (κ1) is 38.6. The first-order valence-corrected chi connectivity index (χ1v) is 22.1. The van der Waals surface area contributed by atoms with E-state index in [1.54, 1.807) is 0 Å². The van der Waals surface area contributed by atoms with Crippen LogP contribution in [0.25, 0.3) is 127 Å². The highest BCUT2D eigenvalue weighted by Gasteiger charge is 2.19. The molecule has 0 aliphatic rings. The quantitative estimate of drug-likeness (QED) is 0.119. The van der Waals surface area contributed by atoms with E-state index in [9.17, 15) is 0 Å². The molecule has 0 aliphatic heterocycles. The molecular formula is C62H38N4. The Morgan fingerprint density at radius 1 is 0.288 bits per heavy atom. The van der Waals surface area contributed by atoms with Gasteiger partial charge < -0.3 is 0 Å². The molecule has 0 atom stereocenters. The Balaban J connectivity index is 0.937. The van der Waals surface area contributed by atoms with E-state index < -0.39 is 0 Å². The molecule has 0 saturated heterocycles. The van der Waals surface area contributed by atoms with E-state index in [-0.39, 0.29) is 0 Å². The Hall–Kier alpha value is -9.04. The van der Waals surface area contributed by atoms with E-state index in [0.29, 0.717) is 23.2 Å². The highest BCUT2D eigenvalue weighted by atomic mass is 15.0. The molecule has 66 heavy (non-hydrogen) atoms. The lowest BCUT2D eigenvalue weighted by Crippen LogP contribution is -2.00. The molecule has 0 amide bonds. The van der Waals surface area contributed by atoms with Gasteiger partial charge in [0.05, 0.1) is 6.57 Å². The van der Waals surface area contributed by atoms with Gasteiger partial charge >= 0.3 is 0 Å². The van der Waals surface area contributed by atoms with E-state index >= 15 is 0 Å². The van der Waals surface area contributed by atoms with Crippen LogP contribution < -0.4 is 0 Å². The number of nitrogens with zero attached hydrogens (tertiary/aromatic N) is 4. The molecule has 4 heteroatoms. The smallest absolute Gasteiger partial charge is 0.195 e. The largest absolute Gasteiger partial charge is 0.237 e. The molecular weight excluding hydrogens is 801 g/mol. The van der Waals surface area contributed by atoms with Crippen LogP contribution in [0.15, 0.2) is 231 Å². The second kappa shape index (κ2) is 16.3. The van der Waals surface area contributed by atoms with Crippen LogP contribution in [0.5, 0.6) is 0 Å². The van der Waals surface area contributed by atoms with Gasteiger partial charge in [-0.2, -0.15) is 0 Å². The molecule has 0 spiro atoms. The van der Waals surface area contributed by atoms with E-state index in [0.717, 1.165) is 61.0 Å². The average Bonchev–Trinajstić information content (AvgIpc) is 3.40. The van der Waals surface area contributed by atoms with E-state index in [2.05, 4.69) is 193 Å². The van der Waals surface area contributed by atoms with Gasteiger partial charge in [-0.1, -0.05) is 218 Å². The molecule has 0 saturated carbocycles. The van der Waals surface area contributed by atoms with E-state index in [1.165, 1.54) is 43.3 Å². The first-order valence-electron chi connectivity index (χ1n) is 22.1. The predicted molar refractivity (Wildman–Crippen MR) is 274 cm³/mol. The van der Waals surface area contributed by atoms with Crippen molar-refractivity contribution >= 4 is 48.8 Å². The Morgan fingerprint density at radius 3 is 1.52 bits per heavy atom. The molecule has 0 aliphatic carbocycles. The molecule has 1 heterocycles. The minimum Gasteiger partial charge on any atom is -0.237 e. The van der Waals surface area contributed by atoms with Gasteiger partial charge in [0, 0.05) is 16.7 Å². The zero-order chi connectivity index (χ0) is 44.0. The summed E-state index contributed by atoms with van der Waals surface area (Å²) in [5, 5.41) is 9.58. The van der Waals surface area contributed by atoms with Gasteiger partial charge in [-0.05, 0) is 99.7 Å². The van der Waals surface area contributed by atoms with Crippen molar-refractivity contribution in [2.24, 2.45) is 0 Å². The van der Waals surface area contributed by atoms with Crippen LogP contribution in [0.4, 0.5) is 5.69 Å². The number of hydrogen-bond acceptors (Lipinski definition) is 3. The summed E-state index contributed by atoms with van der Waals surface area (Å²) >= 11 is 0. The van der Waals surface area contributed by atoms with Gasteiger partial charge in [0.1, 0.15) is 0 Å². The molecule has 0 bridgehead atoms. The summed E-state index contributed by atoms with van der Waals surface area (Å²) in [6, 6.07) is 80.6. The molecule has 4 nitrogen and oxygen atoms in total. The third-order valence-corrected chi connectivity index (χ3v) is 12.7. The summed E-state index contributed by atoms with van der Waals surface area (Å²) in [7, 11) is 0. The van der Waals surface area contributed by atoms with Gasteiger partial charge in [-0.3, -0.25) is 0 Å². The van der Waals surface area contributed by atoms with Crippen molar-refractivity contribution in [2.45, 2.75) is 0 Å². The highest BCUT2D eigenvalue weighted by molar-refractivity contribution is 6.16. The fourth-order valence-electron chi connectivity index (χ4n) is 9.56. The molecule has 0 fully saturated rings. The van der Waals surface area contributed by atoms with Crippen molar-refractivity contribution in [2.75, 3.05) is 0 Å². The van der Waals surface area contributed by atoms with Crippen LogP contribution in [-0.4, -0.2) is 15.0 Å². The van der Waals surface area contributed by atoms with Crippen LogP contribution in [0.2, 0.25) is 0 Å². The molecule has 0 radical (unpaired) electrons. The van der Waals surface area contributed by atoms with Gasteiger partial charge in [-0.15, -0.1) is 0 Å². The SMILES string of the molecule is [C-]#[N+]c1cccc(-c2ccccc2-c2cccc3ccc4ccccc4c23)c1-c1cccc(-c2ccc(-c3nc(-c4ccccc4)nc(-c4ccc5ccc6ccccc6c5c4)n3)cc2)c1. The van der Waals surface area contributed by atoms with Crippen LogP contribution in [-0.2, 0) is 0 Å². The maximum absolute atomic E-state index is 8.35. The zero-order valence-electron chi connectivity index (χ0n) is 35.7. The molecule has 0 unspecified atom stereocenters. The van der Waals surface area contributed by atoms with Crippen LogP contribution in [0.3, 0.4) is 0 Å². The Kier molecular flexibility index (Phi) is 9.51. The summed E-state index contributed by atoms with van der Waals surface area (Å²) < 4.78 is 0. The molecule has 306 valence electrons.